The van der Waals surface area contributed by atoms with Gasteiger partial charge in [0.2, 0.25) is 5.91 Å². The molecule has 0 saturated heterocycles. The molecule has 0 saturated carbocycles. The Balaban J connectivity index is 1.71. The molecule has 0 bridgehead atoms. The molecule has 1 aromatic heterocycles. The van der Waals surface area contributed by atoms with Crippen LogP contribution in [0.3, 0.4) is 0 Å². The third kappa shape index (κ3) is 4.30. The Hall–Kier alpha value is -2.46. The molecule has 1 N–H and O–H groups in total. The van der Waals surface area contributed by atoms with E-state index in [-0.39, 0.29) is 11.8 Å². The van der Waals surface area contributed by atoms with Crippen LogP contribution in [0.15, 0.2) is 66.9 Å². The highest BCUT2D eigenvalue weighted by molar-refractivity contribution is 7.11. The highest BCUT2D eigenvalue weighted by atomic mass is 32.1. The fourth-order valence-electron chi connectivity index (χ4n) is 2.73. The monoisotopic (exact) mass is 336 g/mol. The molecule has 4 heteroatoms. The summed E-state index contributed by atoms with van der Waals surface area (Å²) in [6.45, 7) is 2.51. The van der Waals surface area contributed by atoms with Gasteiger partial charge in [-0.25, -0.2) is 4.98 Å². The first kappa shape index (κ1) is 16.4. The average Bonchev–Trinajstić information content (AvgIpc) is 3.05. The highest BCUT2D eigenvalue weighted by Gasteiger charge is 2.18. The number of thiazole rings is 1. The van der Waals surface area contributed by atoms with Gasteiger partial charge in [0, 0.05) is 23.4 Å². The highest BCUT2D eigenvalue weighted by Crippen LogP contribution is 2.27. The molecule has 0 unspecified atom stereocenters. The van der Waals surface area contributed by atoms with Crippen molar-refractivity contribution in [1.82, 2.24) is 10.3 Å². The van der Waals surface area contributed by atoms with Gasteiger partial charge in [-0.15, -0.1) is 11.3 Å². The topological polar surface area (TPSA) is 42.0 Å². The predicted octanol–water partition coefficient (Wildman–Crippen LogP) is 4.29. The molecular formula is C20H20N2OS. The lowest BCUT2D eigenvalue weighted by molar-refractivity contribution is -0.121. The first-order valence-electron chi connectivity index (χ1n) is 8.00. The van der Waals surface area contributed by atoms with Crippen LogP contribution in [0.25, 0.3) is 0 Å². The molecule has 24 heavy (non-hydrogen) atoms. The largest absolute Gasteiger partial charge is 0.351 e. The maximum Gasteiger partial charge on any atom is 0.221 e. The molecule has 0 radical (unpaired) electrons. The van der Waals surface area contributed by atoms with Crippen molar-refractivity contribution in [2.24, 2.45) is 0 Å². The molecule has 0 spiro atoms. The molecule has 0 atom stereocenters. The maximum atomic E-state index is 12.5. The van der Waals surface area contributed by atoms with Gasteiger partial charge in [-0.3, -0.25) is 4.79 Å². The summed E-state index contributed by atoms with van der Waals surface area (Å²) in [5.41, 5.74) is 2.32. The average molecular weight is 336 g/mol. The van der Waals surface area contributed by atoms with Crippen LogP contribution in [0, 0.1) is 6.92 Å². The quantitative estimate of drug-likeness (QED) is 0.729. The number of hydrogen-bond donors (Lipinski definition) is 1. The van der Waals surface area contributed by atoms with Gasteiger partial charge >= 0.3 is 0 Å². The zero-order valence-corrected chi connectivity index (χ0v) is 14.4. The van der Waals surface area contributed by atoms with Gasteiger partial charge in [-0.1, -0.05) is 60.7 Å². The van der Waals surface area contributed by atoms with Crippen LogP contribution >= 0.6 is 11.3 Å². The second-order valence-corrected chi connectivity index (χ2v) is 7.02. The molecule has 0 aliphatic heterocycles. The van der Waals surface area contributed by atoms with Crippen molar-refractivity contribution in [3.05, 3.63) is 87.9 Å². The van der Waals surface area contributed by atoms with E-state index in [1.165, 1.54) is 0 Å². The van der Waals surface area contributed by atoms with Crippen LogP contribution < -0.4 is 5.32 Å². The number of benzene rings is 2. The van der Waals surface area contributed by atoms with Crippen LogP contribution in [0.4, 0.5) is 0 Å². The van der Waals surface area contributed by atoms with E-state index < -0.39 is 0 Å². The lowest BCUT2D eigenvalue weighted by atomic mass is 9.88. The molecule has 3 aromatic rings. The summed E-state index contributed by atoms with van der Waals surface area (Å²) in [7, 11) is 0. The van der Waals surface area contributed by atoms with Crippen molar-refractivity contribution in [3.63, 3.8) is 0 Å². The minimum absolute atomic E-state index is 0.0544. The molecule has 3 nitrogen and oxygen atoms in total. The third-order valence-corrected chi connectivity index (χ3v) is 4.84. The van der Waals surface area contributed by atoms with E-state index in [0.717, 1.165) is 21.0 Å². The van der Waals surface area contributed by atoms with Crippen LogP contribution in [-0.2, 0) is 11.3 Å². The van der Waals surface area contributed by atoms with Crippen molar-refractivity contribution in [2.45, 2.75) is 25.8 Å². The molecule has 1 heterocycles. The minimum Gasteiger partial charge on any atom is -0.351 e. The second kappa shape index (κ2) is 7.88. The van der Waals surface area contributed by atoms with E-state index in [0.29, 0.717) is 13.0 Å². The Morgan fingerprint density at radius 2 is 1.62 bits per heavy atom. The molecule has 0 aliphatic carbocycles. The summed E-state index contributed by atoms with van der Waals surface area (Å²) in [4.78, 5) is 17.8. The van der Waals surface area contributed by atoms with Crippen molar-refractivity contribution in [1.29, 1.82) is 0 Å². The summed E-state index contributed by atoms with van der Waals surface area (Å²) in [5.74, 6) is 0.120. The SMILES string of the molecule is Cc1ncc(CNC(=O)CC(c2ccccc2)c2ccccc2)s1. The fraction of sp³-hybridized carbons (Fsp3) is 0.200. The van der Waals surface area contributed by atoms with Crippen molar-refractivity contribution in [2.75, 3.05) is 0 Å². The Bertz CT molecular complexity index is 744. The Morgan fingerprint density at radius 3 is 2.12 bits per heavy atom. The first-order chi connectivity index (χ1) is 11.7. The van der Waals surface area contributed by atoms with Crippen molar-refractivity contribution in [3.8, 4) is 0 Å². The van der Waals surface area contributed by atoms with Gasteiger partial charge in [-0.05, 0) is 18.1 Å². The van der Waals surface area contributed by atoms with E-state index in [4.69, 9.17) is 0 Å². The molecule has 0 fully saturated rings. The van der Waals surface area contributed by atoms with Crippen LogP contribution in [0.2, 0.25) is 0 Å². The van der Waals surface area contributed by atoms with Gasteiger partial charge in [-0.2, -0.15) is 0 Å². The second-order valence-electron chi connectivity index (χ2n) is 5.70. The van der Waals surface area contributed by atoms with E-state index in [9.17, 15) is 4.79 Å². The summed E-state index contributed by atoms with van der Waals surface area (Å²) < 4.78 is 0. The first-order valence-corrected chi connectivity index (χ1v) is 8.82. The number of amides is 1. The van der Waals surface area contributed by atoms with E-state index in [2.05, 4.69) is 34.6 Å². The maximum absolute atomic E-state index is 12.5. The molecule has 1 amide bonds. The molecule has 122 valence electrons. The number of aromatic nitrogens is 1. The standard InChI is InChI=1S/C20H20N2OS/c1-15-21-13-18(24-15)14-22-20(23)12-19(16-8-4-2-5-9-16)17-10-6-3-7-11-17/h2-11,13,19H,12,14H2,1H3,(H,22,23). The van der Waals surface area contributed by atoms with E-state index in [1.807, 2.05) is 49.5 Å². The minimum atomic E-state index is 0.0544. The molecule has 3 rings (SSSR count). The number of carbonyl (C=O) groups excluding carboxylic acids is 1. The Kier molecular flexibility index (Phi) is 5.39. The van der Waals surface area contributed by atoms with Gasteiger partial charge in [0.15, 0.2) is 0 Å². The summed E-state index contributed by atoms with van der Waals surface area (Å²) in [6.07, 6.45) is 2.26. The predicted molar refractivity (Wildman–Crippen MR) is 98.0 cm³/mol. The van der Waals surface area contributed by atoms with Gasteiger partial charge in [0.25, 0.3) is 0 Å². The molecular weight excluding hydrogens is 316 g/mol. The fourth-order valence-corrected chi connectivity index (χ4v) is 3.46. The summed E-state index contributed by atoms with van der Waals surface area (Å²) in [5, 5.41) is 4.03. The molecule has 2 aromatic carbocycles. The number of aryl methyl sites for hydroxylation is 1. The number of hydrogen-bond acceptors (Lipinski definition) is 3. The van der Waals surface area contributed by atoms with Gasteiger partial charge in [0.05, 0.1) is 11.6 Å². The van der Waals surface area contributed by atoms with Crippen LogP contribution in [-0.4, -0.2) is 10.9 Å². The Labute approximate surface area is 146 Å². The summed E-state index contributed by atoms with van der Waals surface area (Å²) in [6, 6.07) is 20.4. The van der Waals surface area contributed by atoms with E-state index in [1.54, 1.807) is 11.3 Å². The number of nitrogens with zero attached hydrogens (tertiary/aromatic N) is 1. The normalized spacial score (nSPS) is 10.8. The third-order valence-electron chi connectivity index (χ3n) is 3.92. The summed E-state index contributed by atoms with van der Waals surface area (Å²) >= 11 is 1.62. The number of nitrogens with one attached hydrogen (secondary N) is 1. The zero-order chi connectivity index (χ0) is 16.8. The Morgan fingerprint density at radius 1 is 1.04 bits per heavy atom. The van der Waals surface area contributed by atoms with Crippen molar-refractivity contribution >= 4 is 17.2 Å². The lowest BCUT2D eigenvalue weighted by Crippen LogP contribution is -2.24. The smallest absolute Gasteiger partial charge is 0.221 e. The van der Waals surface area contributed by atoms with Crippen LogP contribution in [0.1, 0.15) is 33.4 Å². The van der Waals surface area contributed by atoms with E-state index >= 15 is 0 Å². The number of rotatable bonds is 6. The zero-order valence-electron chi connectivity index (χ0n) is 13.6. The van der Waals surface area contributed by atoms with Crippen molar-refractivity contribution < 1.29 is 4.79 Å². The van der Waals surface area contributed by atoms with Gasteiger partial charge < -0.3 is 5.32 Å². The van der Waals surface area contributed by atoms with Gasteiger partial charge in [0.1, 0.15) is 0 Å². The lowest BCUT2D eigenvalue weighted by Gasteiger charge is -2.17. The molecule has 0 aliphatic rings. The number of carbonyl (C=O) groups is 1. The van der Waals surface area contributed by atoms with Crippen LogP contribution in [0.5, 0.6) is 0 Å².